The molecule has 0 aromatic heterocycles. The van der Waals surface area contributed by atoms with Gasteiger partial charge >= 0.3 is 0 Å². The largest absolute Gasteiger partial charge is 0.351 e. The Labute approximate surface area is 243 Å². The number of hydrogen-bond donors (Lipinski definition) is 3. The van der Waals surface area contributed by atoms with Gasteiger partial charge in [-0.3, -0.25) is 28.8 Å². The van der Waals surface area contributed by atoms with Crippen molar-refractivity contribution in [1.29, 1.82) is 0 Å². The summed E-state index contributed by atoms with van der Waals surface area (Å²) < 4.78 is 0. The van der Waals surface area contributed by atoms with Gasteiger partial charge in [0.05, 0.1) is 0 Å². The number of nitrogens with zero attached hydrogens (tertiary/aromatic N) is 3. The summed E-state index contributed by atoms with van der Waals surface area (Å²) in [6.45, 7) is 20.0. The van der Waals surface area contributed by atoms with Crippen LogP contribution in [0.3, 0.4) is 0 Å². The topological polar surface area (TPSA) is 148 Å². The number of Topliss-reactive ketones (excluding diaryl/α,β-unsaturated/α-hetero) is 1. The maximum absolute atomic E-state index is 13.1. The number of amides is 5. The second-order valence-electron chi connectivity index (χ2n) is 9.10. The Morgan fingerprint density at radius 2 is 1.12 bits per heavy atom. The Balaban J connectivity index is 5.23. The van der Waals surface area contributed by atoms with E-state index < -0.39 is 5.91 Å². The molecule has 0 aliphatic heterocycles. The van der Waals surface area contributed by atoms with Crippen molar-refractivity contribution in [3.05, 3.63) is 50.6 Å². The molecule has 0 fully saturated rings. The van der Waals surface area contributed by atoms with E-state index in [9.17, 15) is 28.8 Å². The first-order chi connectivity index (χ1) is 19.5. The molecular formula is C29H46N6O6. The first kappa shape index (κ1) is 36.9. The van der Waals surface area contributed by atoms with Gasteiger partial charge in [-0.25, -0.2) is 0 Å². The summed E-state index contributed by atoms with van der Waals surface area (Å²) in [5, 5.41) is 8.43. The van der Waals surface area contributed by atoms with E-state index in [0.29, 0.717) is 26.1 Å². The SMILES string of the molecule is C=CC(=O)NCCN(CCN(CCC(=O)N(CCNCC(C)C(=O)CC)CCNC(=O)C=C)C(=O)C=C)C(=O)C=C. The Morgan fingerprint density at radius 3 is 1.59 bits per heavy atom. The molecule has 0 spiro atoms. The average molecular weight is 575 g/mol. The van der Waals surface area contributed by atoms with E-state index in [4.69, 9.17) is 0 Å². The zero-order valence-electron chi connectivity index (χ0n) is 24.5. The van der Waals surface area contributed by atoms with Crippen LogP contribution < -0.4 is 16.0 Å². The van der Waals surface area contributed by atoms with Gasteiger partial charge in [0.25, 0.3) is 0 Å². The van der Waals surface area contributed by atoms with Crippen LogP contribution in [-0.2, 0) is 28.8 Å². The highest BCUT2D eigenvalue weighted by Crippen LogP contribution is 2.02. The molecule has 0 rings (SSSR count). The fraction of sp³-hybridized carbons (Fsp3) is 0.517. The highest BCUT2D eigenvalue weighted by molar-refractivity contribution is 5.89. The van der Waals surface area contributed by atoms with Crippen LogP contribution >= 0.6 is 0 Å². The van der Waals surface area contributed by atoms with Crippen LogP contribution in [0.25, 0.3) is 0 Å². The molecule has 3 N–H and O–H groups in total. The number of ketones is 1. The zero-order valence-corrected chi connectivity index (χ0v) is 24.5. The summed E-state index contributed by atoms with van der Waals surface area (Å²) >= 11 is 0. The smallest absolute Gasteiger partial charge is 0.246 e. The summed E-state index contributed by atoms with van der Waals surface area (Å²) in [5.41, 5.74) is 0. The molecule has 1 unspecified atom stereocenters. The third-order valence-electron chi connectivity index (χ3n) is 6.20. The number of carbonyl (C=O) groups is 6. The highest BCUT2D eigenvalue weighted by atomic mass is 16.2. The van der Waals surface area contributed by atoms with Gasteiger partial charge < -0.3 is 30.7 Å². The first-order valence-electron chi connectivity index (χ1n) is 13.7. The molecule has 41 heavy (non-hydrogen) atoms. The molecule has 12 nitrogen and oxygen atoms in total. The average Bonchev–Trinajstić information content (AvgIpc) is 2.99. The lowest BCUT2D eigenvalue weighted by molar-refractivity contribution is -0.134. The molecule has 5 amide bonds. The molecule has 0 aromatic carbocycles. The minimum absolute atomic E-state index is 0.00447. The van der Waals surface area contributed by atoms with E-state index in [0.717, 1.165) is 24.3 Å². The molecular weight excluding hydrogens is 528 g/mol. The lowest BCUT2D eigenvalue weighted by Gasteiger charge is -2.28. The summed E-state index contributed by atoms with van der Waals surface area (Å²) in [5.74, 6) is -1.70. The van der Waals surface area contributed by atoms with Crippen molar-refractivity contribution in [3.63, 3.8) is 0 Å². The van der Waals surface area contributed by atoms with E-state index in [1.807, 2.05) is 13.8 Å². The van der Waals surface area contributed by atoms with Crippen molar-refractivity contribution < 1.29 is 28.8 Å². The maximum Gasteiger partial charge on any atom is 0.246 e. The summed E-state index contributed by atoms with van der Waals surface area (Å²) in [4.78, 5) is 77.1. The second kappa shape index (κ2) is 21.7. The van der Waals surface area contributed by atoms with Crippen LogP contribution in [0.1, 0.15) is 26.7 Å². The molecule has 0 aliphatic rings. The third kappa shape index (κ3) is 16.0. The summed E-state index contributed by atoms with van der Waals surface area (Å²) in [7, 11) is 0. The minimum atomic E-state index is -0.398. The van der Waals surface area contributed by atoms with E-state index in [1.165, 1.54) is 9.80 Å². The predicted octanol–water partition coefficient (Wildman–Crippen LogP) is 0.0435. The molecule has 0 heterocycles. The van der Waals surface area contributed by atoms with Crippen molar-refractivity contribution in [1.82, 2.24) is 30.7 Å². The number of carbonyl (C=O) groups excluding carboxylic acids is 6. The Kier molecular flexibility index (Phi) is 19.6. The fourth-order valence-corrected chi connectivity index (χ4v) is 3.68. The molecule has 0 aliphatic carbocycles. The molecule has 0 radical (unpaired) electrons. The van der Waals surface area contributed by atoms with Gasteiger partial charge in [0.2, 0.25) is 29.5 Å². The molecule has 0 bridgehead atoms. The summed E-state index contributed by atoms with van der Waals surface area (Å²) in [6, 6.07) is 0. The Morgan fingerprint density at radius 1 is 0.659 bits per heavy atom. The fourth-order valence-electron chi connectivity index (χ4n) is 3.68. The van der Waals surface area contributed by atoms with E-state index >= 15 is 0 Å². The monoisotopic (exact) mass is 574 g/mol. The Hall–Kier alpha value is -4.06. The van der Waals surface area contributed by atoms with E-state index in [2.05, 4.69) is 42.3 Å². The van der Waals surface area contributed by atoms with Gasteiger partial charge in [0.15, 0.2) is 0 Å². The van der Waals surface area contributed by atoms with Crippen LogP contribution in [-0.4, -0.2) is 115 Å². The maximum atomic E-state index is 13.1. The van der Waals surface area contributed by atoms with Gasteiger partial charge in [0, 0.05) is 84.2 Å². The van der Waals surface area contributed by atoms with Gasteiger partial charge in [-0.15, -0.1) is 0 Å². The van der Waals surface area contributed by atoms with Crippen molar-refractivity contribution >= 4 is 35.3 Å². The molecule has 1 atom stereocenters. The third-order valence-corrected chi connectivity index (χ3v) is 6.20. The van der Waals surface area contributed by atoms with Gasteiger partial charge in [0.1, 0.15) is 5.78 Å². The second-order valence-corrected chi connectivity index (χ2v) is 9.10. The van der Waals surface area contributed by atoms with Crippen molar-refractivity contribution in [2.24, 2.45) is 5.92 Å². The van der Waals surface area contributed by atoms with Gasteiger partial charge in [-0.05, 0) is 24.3 Å². The molecule has 12 heteroatoms. The number of nitrogens with one attached hydrogen (secondary N) is 3. The summed E-state index contributed by atoms with van der Waals surface area (Å²) in [6.07, 6.45) is 5.02. The lowest BCUT2D eigenvalue weighted by atomic mass is 10.1. The standard InChI is InChI=1S/C29H46N6O6/c1-7-24(36)23(6)22-30-13-17-34(18-14-31-25(37)8-2)29(41)12-16-33(27(39)10-4)20-21-35(28(40)11-5)19-15-32-26(38)9-3/h8-11,23,30H,2-5,7,12-22H2,1,6H3,(H,31,37)(H,32,38). The highest BCUT2D eigenvalue weighted by Gasteiger charge is 2.19. The van der Waals surface area contributed by atoms with Crippen LogP contribution in [0.5, 0.6) is 0 Å². The van der Waals surface area contributed by atoms with Crippen molar-refractivity contribution in [2.75, 3.05) is 65.4 Å². The van der Waals surface area contributed by atoms with Crippen molar-refractivity contribution in [3.8, 4) is 0 Å². The number of hydrogen-bond acceptors (Lipinski definition) is 7. The minimum Gasteiger partial charge on any atom is -0.351 e. The van der Waals surface area contributed by atoms with Crippen LogP contribution in [0.4, 0.5) is 0 Å². The van der Waals surface area contributed by atoms with Gasteiger partial charge in [-0.2, -0.15) is 0 Å². The Bertz CT molecular complexity index is 950. The molecule has 0 saturated carbocycles. The number of rotatable bonds is 23. The van der Waals surface area contributed by atoms with Crippen LogP contribution in [0.2, 0.25) is 0 Å². The lowest BCUT2D eigenvalue weighted by Crippen LogP contribution is -2.45. The van der Waals surface area contributed by atoms with Gasteiger partial charge in [-0.1, -0.05) is 40.2 Å². The molecule has 0 aromatic rings. The van der Waals surface area contributed by atoms with Crippen LogP contribution in [0.15, 0.2) is 50.6 Å². The predicted molar refractivity (Wildman–Crippen MR) is 158 cm³/mol. The molecule has 228 valence electrons. The van der Waals surface area contributed by atoms with Crippen LogP contribution in [0, 0.1) is 5.92 Å². The van der Waals surface area contributed by atoms with E-state index in [1.54, 1.807) is 4.90 Å². The van der Waals surface area contributed by atoms with E-state index in [-0.39, 0.29) is 87.6 Å². The zero-order chi connectivity index (χ0) is 31.2. The van der Waals surface area contributed by atoms with Crippen molar-refractivity contribution in [2.45, 2.75) is 26.7 Å². The molecule has 0 saturated heterocycles. The normalized spacial score (nSPS) is 10.9. The first-order valence-corrected chi connectivity index (χ1v) is 13.7. The quantitative estimate of drug-likeness (QED) is 0.115.